The van der Waals surface area contributed by atoms with E-state index in [0.29, 0.717) is 38.9 Å². The van der Waals surface area contributed by atoms with Gasteiger partial charge in [0, 0.05) is 26.3 Å². The third kappa shape index (κ3) is 3.30. The van der Waals surface area contributed by atoms with E-state index in [9.17, 15) is 14.7 Å². The highest BCUT2D eigenvalue weighted by atomic mass is 16.5. The molecule has 0 aromatic rings. The molecule has 0 spiro atoms. The van der Waals surface area contributed by atoms with Crippen molar-refractivity contribution in [3.05, 3.63) is 0 Å². The van der Waals surface area contributed by atoms with Gasteiger partial charge in [0.25, 0.3) is 0 Å². The van der Waals surface area contributed by atoms with Gasteiger partial charge in [-0.1, -0.05) is 13.8 Å². The molecule has 0 radical (unpaired) electrons. The van der Waals surface area contributed by atoms with Crippen LogP contribution in [0.4, 0.5) is 0 Å². The van der Waals surface area contributed by atoms with Crippen molar-refractivity contribution in [2.75, 3.05) is 26.3 Å². The molecule has 0 bridgehead atoms. The van der Waals surface area contributed by atoms with E-state index in [0.717, 1.165) is 0 Å². The number of amides is 1. The van der Waals surface area contributed by atoms with Crippen molar-refractivity contribution in [1.29, 1.82) is 0 Å². The number of ether oxygens (including phenoxy) is 1. The molecule has 0 aromatic heterocycles. The molecule has 1 rings (SSSR count). The van der Waals surface area contributed by atoms with Gasteiger partial charge in [-0.05, 0) is 25.7 Å². The third-order valence-corrected chi connectivity index (χ3v) is 4.72. The van der Waals surface area contributed by atoms with E-state index >= 15 is 0 Å². The van der Waals surface area contributed by atoms with Crippen LogP contribution in [0, 0.1) is 10.8 Å². The summed E-state index contributed by atoms with van der Waals surface area (Å²) in [5, 5.41) is 12.2. The molecule has 6 nitrogen and oxygen atoms in total. The first-order valence-electron chi connectivity index (χ1n) is 7.26. The van der Waals surface area contributed by atoms with E-state index in [4.69, 9.17) is 10.5 Å². The molecule has 1 heterocycles. The van der Waals surface area contributed by atoms with Gasteiger partial charge < -0.3 is 20.9 Å². The van der Waals surface area contributed by atoms with Gasteiger partial charge in [0.15, 0.2) is 0 Å². The van der Waals surface area contributed by atoms with Crippen molar-refractivity contribution in [2.45, 2.75) is 39.5 Å². The standard InChI is InChI=1S/C14H26N2O4/c1-3-13(4-2,12(18)19)10-16-11(17)14(9-15)5-7-20-8-6-14/h3-10,15H2,1-2H3,(H,16,17)(H,18,19). The lowest BCUT2D eigenvalue weighted by molar-refractivity contribution is -0.150. The predicted molar refractivity (Wildman–Crippen MR) is 75.2 cm³/mol. The summed E-state index contributed by atoms with van der Waals surface area (Å²) >= 11 is 0. The highest BCUT2D eigenvalue weighted by molar-refractivity contribution is 5.84. The number of hydrogen-bond donors (Lipinski definition) is 3. The summed E-state index contributed by atoms with van der Waals surface area (Å²) in [4.78, 5) is 23.8. The zero-order valence-electron chi connectivity index (χ0n) is 12.4. The molecule has 6 heteroatoms. The minimum absolute atomic E-state index is 0.143. The molecule has 1 amide bonds. The van der Waals surface area contributed by atoms with Crippen LogP contribution in [0.25, 0.3) is 0 Å². The monoisotopic (exact) mass is 286 g/mol. The second kappa shape index (κ2) is 7.04. The number of hydrogen-bond acceptors (Lipinski definition) is 4. The summed E-state index contributed by atoms with van der Waals surface area (Å²) in [7, 11) is 0. The van der Waals surface area contributed by atoms with Crippen LogP contribution >= 0.6 is 0 Å². The van der Waals surface area contributed by atoms with Crippen LogP contribution in [0.2, 0.25) is 0 Å². The first-order valence-corrected chi connectivity index (χ1v) is 7.26. The lowest BCUT2D eigenvalue weighted by atomic mass is 9.78. The van der Waals surface area contributed by atoms with E-state index < -0.39 is 16.8 Å². The number of carbonyl (C=O) groups is 2. The fraction of sp³-hybridized carbons (Fsp3) is 0.857. The Morgan fingerprint density at radius 2 is 1.85 bits per heavy atom. The number of aliphatic carboxylic acids is 1. The Balaban J connectivity index is 2.71. The fourth-order valence-electron chi connectivity index (χ4n) is 2.60. The fourth-order valence-corrected chi connectivity index (χ4v) is 2.60. The summed E-state index contributed by atoms with van der Waals surface area (Å²) in [6.45, 7) is 5.12. The molecule has 0 saturated carbocycles. The summed E-state index contributed by atoms with van der Waals surface area (Å²) in [6, 6.07) is 0. The quantitative estimate of drug-likeness (QED) is 0.641. The Morgan fingerprint density at radius 3 is 2.25 bits per heavy atom. The lowest BCUT2D eigenvalue weighted by Crippen LogP contribution is -2.52. The number of rotatable bonds is 7. The molecule has 0 aromatic carbocycles. The average molecular weight is 286 g/mol. The Bertz CT molecular complexity index is 347. The van der Waals surface area contributed by atoms with Gasteiger partial charge in [-0.25, -0.2) is 0 Å². The number of carbonyl (C=O) groups excluding carboxylic acids is 1. The third-order valence-electron chi connectivity index (χ3n) is 4.72. The molecular formula is C14H26N2O4. The maximum Gasteiger partial charge on any atom is 0.311 e. The van der Waals surface area contributed by atoms with Crippen molar-refractivity contribution in [3.63, 3.8) is 0 Å². The van der Waals surface area contributed by atoms with Crippen LogP contribution < -0.4 is 11.1 Å². The molecule has 1 aliphatic heterocycles. The summed E-state index contributed by atoms with van der Waals surface area (Å²) in [5.41, 5.74) is 4.27. The number of nitrogens with two attached hydrogens (primary N) is 1. The minimum Gasteiger partial charge on any atom is -0.481 e. The molecule has 20 heavy (non-hydrogen) atoms. The van der Waals surface area contributed by atoms with Crippen LogP contribution in [0.15, 0.2) is 0 Å². The van der Waals surface area contributed by atoms with Crippen molar-refractivity contribution in [3.8, 4) is 0 Å². The smallest absolute Gasteiger partial charge is 0.311 e. The molecule has 1 aliphatic rings. The number of carboxylic acids is 1. The average Bonchev–Trinajstić information content (AvgIpc) is 2.48. The Labute approximate surface area is 120 Å². The zero-order valence-corrected chi connectivity index (χ0v) is 12.4. The second-order valence-corrected chi connectivity index (χ2v) is 5.57. The molecule has 4 N–H and O–H groups in total. The maximum absolute atomic E-state index is 12.4. The Morgan fingerprint density at radius 1 is 1.30 bits per heavy atom. The Kier molecular flexibility index (Phi) is 5.95. The van der Waals surface area contributed by atoms with E-state index in [2.05, 4.69) is 5.32 Å². The topological polar surface area (TPSA) is 102 Å². The van der Waals surface area contributed by atoms with Gasteiger partial charge in [0.05, 0.1) is 10.8 Å². The summed E-state index contributed by atoms with van der Waals surface area (Å²) in [6.07, 6.45) is 2.15. The highest BCUT2D eigenvalue weighted by Crippen LogP contribution is 2.31. The van der Waals surface area contributed by atoms with Gasteiger partial charge in [-0.15, -0.1) is 0 Å². The zero-order chi connectivity index (χ0) is 15.2. The van der Waals surface area contributed by atoms with Crippen LogP contribution in [0.5, 0.6) is 0 Å². The normalized spacial score (nSPS) is 18.6. The van der Waals surface area contributed by atoms with E-state index in [-0.39, 0.29) is 19.0 Å². The van der Waals surface area contributed by atoms with Crippen LogP contribution in [-0.4, -0.2) is 43.3 Å². The SMILES string of the molecule is CCC(CC)(CNC(=O)C1(CN)CCOCC1)C(=O)O. The van der Waals surface area contributed by atoms with Crippen LogP contribution in [0.3, 0.4) is 0 Å². The molecule has 0 aliphatic carbocycles. The molecule has 0 unspecified atom stereocenters. The van der Waals surface area contributed by atoms with Gasteiger partial charge in [-0.3, -0.25) is 9.59 Å². The lowest BCUT2D eigenvalue weighted by Gasteiger charge is -2.36. The summed E-state index contributed by atoms with van der Waals surface area (Å²) < 4.78 is 5.27. The molecule has 0 atom stereocenters. The van der Waals surface area contributed by atoms with Gasteiger partial charge in [0.2, 0.25) is 5.91 Å². The first kappa shape index (κ1) is 16.9. The van der Waals surface area contributed by atoms with Crippen molar-refractivity contribution < 1.29 is 19.4 Å². The van der Waals surface area contributed by atoms with Gasteiger partial charge in [0.1, 0.15) is 0 Å². The first-order chi connectivity index (χ1) is 9.46. The number of carboxylic acid groups (broad SMARTS) is 1. The highest BCUT2D eigenvalue weighted by Gasteiger charge is 2.41. The van der Waals surface area contributed by atoms with Crippen molar-refractivity contribution in [1.82, 2.24) is 5.32 Å². The molecular weight excluding hydrogens is 260 g/mol. The molecule has 116 valence electrons. The minimum atomic E-state index is -0.892. The van der Waals surface area contributed by atoms with Crippen molar-refractivity contribution in [2.24, 2.45) is 16.6 Å². The van der Waals surface area contributed by atoms with Gasteiger partial charge in [-0.2, -0.15) is 0 Å². The van der Waals surface area contributed by atoms with E-state index in [1.54, 1.807) is 0 Å². The number of nitrogens with one attached hydrogen (secondary N) is 1. The van der Waals surface area contributed by atoms with Gasteiger partial charge >= 0.3 is 5.97 Å². The van der Waals surface area contributed by atoms with Crippen LogP contribution in [-0.2, 0) is 14.3 Å². The molecule has 1 saturated heterocycles. The molecule has 1 fully saturated rings. The van der Waals surface area contributed by atoms with E-state index in [1.807, 2.05) is 13.8 Å². The summed E-state index contributed by atoms with van der Waals surface area (Å²) in [5.74, 6) is -1.01. The predicted octanol–water partition coefficient (Wildman–Crippen LogP) is 0.749. The van der Waals surface area contributed by atoms with Crippen molar-refractivity contribution >= 4 is 11.9 Å². The largest absolute Gasteiger partial charge is 0.481 e. The maximum atomic E-state index is 12.4. The second-order valence-electron chi connectivity index (χ2n) is 5.57. The van der Waals surface area contributed by atoms with Crippen LogP contribution in [0.1, 0.15) is 39.5 Å². The van der Waals surface area contributed by atoms with E-state index in [1.165, 1.54) is 0 Å². The Hall–Kier alpha value is -1.14.